The van der Waals surface area contributed by atoms with Crippen LogP contribution in [-0.2, 0) is 4.93 Å². The molecule has 16 heavy (non-hydrogen) atoms. The molecule has 0 saturated carbocycles. The topological polar surface area (TPSA) is 59.2 Å². The van der Waals surface area contributed by atoms with Crippen molar-refractivity contribution in [3.63, 3.8) is 0 Å². The van der Waals surface area contributed by atoms with Crippen LogP contribution in [0.4, 0.5) is 0 Å². The SMILES string of the molecule is CC(O)(S)c1nnc(-c2ccccc2Cl)o1. The molecule has 0 aliphatic heterocycles. The third kappa shape index (κ3) is 2.21. The molecule has 0 spiro atoms. The second kappa shape index (κ2) is 4.08. The molecule has 0 amide bonds. The van der Waals surface area contributed by atoms with Crippen LogP contribution in [0.2, 0.25) is 5.02 Å². The summed E-state index contributed by atoms with van der Waals surface area (Å²) in [5.74, 6) is 0.292. The first-order chi connectivity index (χ1) is 7.48. The largest absolute Gasteiger partial charge is 0.417 e. The van der Waals surface area contributed by atoms with Crippen LogP contribution in [0.1, 0.15) is 12.8 Å². The van der Waals surface area contributed by atoms with Gasteiger partial charge in [0.25, 0.3) is 5.89 Å². The van der Waals surface area contributed by atoms with Crippen LogP contribution >= 0.6 is 24.2 Å². The number of benzene rings is 1. The summed E-state index contributed by atoms with van der Waals surface area (Å²) < 4.78 is 5.28. The second-order valence-corrected chi connectivity index (χ2v) is 4.69. The monoisotopic (exact) mass is 256 g/mol. The van der Waals surface area contributed by atoms with E-state index in [0.717, 1.165) is 0 Å². The zero-order valence-corrected chi connectivity index (χ0v) is 10.0. The number of aliphatic hydroxyl groups is 1. The molecule has 1 atom stereocenters. The number of hydrogen-bond donors (Lipinski definition) is 2. The number of thiol groups is 1. The first-order valence-electron chi connectivity index (χ1n) is 4.52. The lowest BCUT2D eigenvalue weighted by atomic mass is 10.2. The Balaban J connectivity index is 2.44. The van der Waals surface area contributed by atoms with Crippen molar-refractivity contribution in [1.29, 1.82) is 0 Å². The molecule has 2 aromatic rings. The van der Waals surface area contributed by atoms with E-state index in [-0.39, 0.29) is 11.8 Å². The minimum Gasteiger partial charge on any atom is -0.417 e. The van der Waals surface area contributed by atoms with E-state index in [2.05, 4.69) is 22.8 Å². The Morgan fingerprint density at radius 3 is 2.62 bits per heavy atom. The average molecular weight is 257 g/mol. The van der Waals surface area contributed by atoms with Gasteiger partial charge in [0.05, 0.1) is 10.6 Å². The van der Waals surface area contributed by atoms with Crippen molar-refractivity contribution in [3.05, 3.63) is 35.2 Å². The van der Waals surface area contributed by atoms with E-state index in [4.69, 9.17) is 16.0 Å². The maximum absolute atomic E-state index is 9.55. The van der Waals surface area contributed by atoms with E-state index in [1.165, 1.54) is 6.92 Å². The molecule has 6 heteroatoms. The summed E-state index contributed by atoms with van der Waals surface area (Å²) in [5, 5.41) is 17.6. The summed E-state index contributed by atoms with van der Waals surface area (Å²) in [7, 11) is 0. The summed E-state index contributed by atoms with van der Waals surface area (Å²) in [4.78, 5) is -1.45. The smallest absolute Gasteiger partial charge is 0.258 e. The third-order valence-electron chi connectivity index (χ3n) is 1.93. The molecule has 2 rings (SSSR count). The van der Waals surface area contributed by atoms with E-state index in [1.54, 1.807) is 18.2 Å². The van der Waals surface area contributed by atoms with Gasteiger partial charge in [0.2, 0.25) is 5.89 Å². The van der Waals surface area contributed by atoms with E-state index in [9.17, 15) is 5.11 Å². The molecule has 0 fully saturated rings. The van der Waals surface area contributed by atoms with Crippen molar-refractivity contribution in [2.45, 2.75) is 11.9 Å². The molecule has 0 aliphatic rings. The van der Waals surface area contributed by atoms with Crippen LogP contribution in [0.25, 0.3) is 11.5 Å². The van der Waals surface area contributed by atoms with E-state index in [0.29, 0.717) is 10.6 Å². The van der Waals surface area contributed by atoms with Crippen molar-refractivity contribution in [2.75, 3.05) is 0 Å². The van der Waals surface area contributed by atoms with Gasteiger partial charge in [-0.1, -0.05) is 23.7 Å². The minimum atomic E-state index is -1.45. The third-order valence-corrected chi connectivity index (χ3v) is 2.46. The summed E-state index contributed by atoms with van der Waals surface area (Å²) >= 11 is 9.90. The van der Waals surface area contributed by atoms with Crippen molar-refractivity contribution in [1.82, 2.24) is 10.2 Å². The molecular formula is C10H9ClN2O2S. The molecule has 1 aromatic heterocycles. The molecule has 0 aliphatic carbocycles. The van der Waals surface area contributed by atoms with Gasteiger partial charge in [-0.25, -0.2) is 0 Å². The molecule has 1 unspecified atom stereocenters. The van der Waals surface area contributed by atoms with E-state index >= 15 is 0 Å². The predicted molar refractivity (Wildman–Crippen MR) is 63.3 cm³/mol. The maximum Gasteiger partial charge on any atom is 0.258 e. The van der Waals surface area contributed by atoms with Crippen LogP contribution in [0.3, 0.4) is 0 Å². The van der Waals surface area contributed by atoms with E-state index < -0.39 is 4.93 Å². The molecule has 0 saturated heterocycles. The fourth-order valence-electron chi connectivity index (χ4n) is 1.16. The molecule has 0 radical (unpaired) electrons. The fraction of sp³-hybridized carbons (Fsp3) is 0.200. The number of aromatic nitrogens is 2. The molecule has 1 heterocycles. The number of hydrogen-bond acceptors (Lipinski definition) is 5. The highest BCUT2D eigenvalue weighted by molar-refractivity contribution is 7.81. The maximum atomic E-state index is 9.55. The number of halogens is 1. The van der Waals surface area contributed by atoms with Crippen LogP contribution in [0.15, 0.2) is 28.7 Å². The quantitative estimate of drug-likeness (QED) is 0.640. The van der Waals surface area contributed by atoms with Crippen molar-refractivity contribution in [2.24, 2.45) is 0 Å². The zero-order chi connectivity index (χ0) is 11.8. The van der Waals surface area contributed by atoms with Gasteiger partial charge in [-0.05, 0) is 19.1 Å². The average Bonchev–Trinajstić information content (AvgIpc) is 2.66. The Morgan fingerprint density at radius 1 is 1.38 bits per heavy atom. The van der Waals surface area contributed by atoms with Crippen LogP contribution in [0, 0.1) is 0 Å². The molecule has 1 N–H and O–H groups in total. The number of rotatable bonds is 2. The van der Waals surface area contributed by atoms with Gasteiger partial charge in [-0.3, -0.25) is 0 Å². The summed E-state index contributed by atoms with van der Waals surface area (Å²) in [5.41, 5.74) is 0.625. The lowest BCUT2D eigenvalue weighted by Crippen LogP contribution is -2.12. The number of nitrogens with zero attached hydrogens (tertiary/aromatic N) is 2. The lowest BCUT2D eigenvalue weighted by molar-refractivity contribution is 0.128. The Bertz CT molecular complexity index is 508. The normalized spacial score (nSPS) is 14.8. The van der Waals surface area contributed by atoms with Gasteiger partial charge in [0.15, 0.2) is 4.93 Å². The molecule has 1 aromatic carbocycles. The molecule has 84 valence electrons. The summed E-state index contributed by atoms with van der Waals surface area (Å²) in [6, 6.07) is 7.09. The summed E-state index contributed by atoms with van der Waals surface area (Å²) in [6.45, 7) is 1.44. The van der Waals surface area contributed by atoms with Gasteiger partial charge in [0.1, 0.15) is 0 Å². The van der Waals surface area contributed by atoms with Gasteiger partial charge in [-0.2, -0.15) is 0 Å². The van der Waals surface area contributed by atoms with Crippen LogP contribution in [-0.4, -0.2) is 15.3 Å². The Hall–Kier alpha value is -1.04. The highest BCUT2D eigenvalue weighted by Crippen LogP contribution is 2.30. The Kier molecular flexibility index (Phi) is 2.92. The highest BCUT2D eigenvalue weighted by atomic mass is 35.5. The second-order valence-electron chi connectivity index (χ2n) is 3.41. The van der Waals surface area contributed by atoms with Gasteiger partial charge < -0.3 is 9.52 Å². The van der Waals surface area contributed by atoms with Crippen molar-refractivity contribution >= 4 is 24.2 Å². The van der Waals surface area contributed by atoms with E-state index in [1.807, 2.05) is 6.07 Å². The van der Waals surface area contributed by atoms with Crippen LogP contribution in [0.5, 0.6) is 0 Å². The Morgan fingerprint density at radius 2 is 2.06 bits per heavy atom. The van der Waals surface area contributed by atoms with Gasteiger partial charge >= 0.3 is 0 Å². The molecular weight excluding hydrogens is 248 g/mol. The predicted octanol–water partition coefficient (Wildman–Crippen LogP) is 2.48. The van der Waals surface area contributed by atoms with Crippen LogP contribution < -0.4 is 0 Å². The van der Waals surface area contributed by atoms with Gasteiger partial charge in [0, 0.05) is 0 Å². The fourth-order valence-corrected chi connectivity index (χ4v) is 1.47. The van der Waals surface area contributed by atoms with Gasteiger partial charge in [-0.15, -0.1) is 22.8 Å². The first-order valence-corrected chi connectivity index (χ1v) is 5.34. The summed E-state index contributed by atoms with van der Waals surface area (Å²) in [6.07, 6.45) is 0. The van der Waals surface area contributed by atoms with Crippen molar-refractivity contribution in [3.8, 4) is 11.5 Å². The standard InChI is InChI=1S/C10H9ClN2O2S/c1-10(14,16)9-13-12-8(15-9)6-4-2-3-5-7(6)11/h2-5,14,16H,1H3. The zero-order valence-electron chi connectivity index (χ0n) is 8.38. The highest BCUT2D eigenvalue weighted by Gasteiger charge is 2.25. The van der Waals surface area contributed by atoms with Crippen molar-refractivity contribution < 1.29 is 9.52 Å². The first kappa shape index (κ1) is 11.4. The molecule has 4 nitrogen and oxygen atoms in total. The molecule has 0 bridgehead atoms. The lowest BCUT2D eigenvalue weighted by Gasteiger charge is -2.08. The minimum absolute atomic E-state index is 0.0331. The Labute approximate surface area is 103 Å².